The molecule has 3 aliphatic rings. The van der Waals surface area contributed by atoms with E-state index in [0.717, 1.165) is 11.3 Å². The van der Waals surface area contributed by atoms with E-state index in [9.17, 15) is 14.4 Å². The highest BCUT2D eigenvalue weighted by Gasteiger charge is 2.71. The van der Waals surface area contributed by atoms with Gasteiger partial charge in [-0.25, -0.2) is 0 Å². The van der Waals surface area contributed by atoms with Crippen molar-refractivity contribution < 1.29 is 23.9 Å². The average molecular weight is 514 g/mol. The molecular weight excluding hydrogens is 490 g/mol. The molecule has 3 atom stereocenters. The summed E-state index contributed by atoms with van der Waals surface area (Å²) in [4.78, 5) is 44.4. The molecular formula is C30H24ClNO5. The monoisotopic (exact) mass is 513 g/mol. The Labute approximate surface area is 219 Å². The van der Waals surface area contributed by atoms with Crippen LogP contribution in [-0.4, -0.2) is 43.7 Å². The van der Waals surface area contributed by atoms with Crippen molar-refractivity contribution in [2.45, 2.75) is 24.9 Å². The fraction of sp³-hybridized carbons (Fsp3) is 0.233. The lowest BCUT2D eigenvalue weighted by Crippen LogP contribution is -2.48. The molecule has 3 aromatic carbocycles. The van der Waals surface area contributed by atoms with Crippen molar-refractivity contribution in [1.29, 1.82) is 0 Å². The molecule has 2 heterocycles. The lowest BCUT2D eigenvalue weighted by atomic mass is 9.64. The molecule has 0 bridgehead atoms. The van der Waals surface area contributed by atoms with Crippen LogP contribution in [0.2, 0.25) is 5.02 Å². The van der Waals surface area contributed by atoms with Crippen molar-refractivity contribution >= 4 is 40.7 Å². The van der Waals surface area contributed by atoms with Crippen LogP contribution in [0.5, 0.6) is 11.5 Å². The predicted octanol–water partition coefficient (Wildman–Crippen LogP) is 5.38. The Bertz CT molecular complexity index is 1490. The van der Waals surface area contributed by atoms with Gasteiger partial charge in [0.25, 0.3) is 0 Å². The number of nitrogens with zero attached hydrogens (tertiary/aromatic N) is 1. The Kier molecular flexibility index (Phi) is 5.28. The third-order valence-corrected chi connectivity index (χ3v) is 8.19. The maximum absolute atomic E-state index is 14.5. The fourth-order valence-electron chi connectivity index (χ4n) is 6.53. The van der Waals surface area contributed by atoms with Crippen LogP contribution in [0.25, 0.3) is 6.08 Å². The number of benzene rings is 3. The second-order valence-corrected chi connectivity index (χ2v) is 10.1. The summed E-state index contributed by atoms with van der Waals surface area (Å²) in [7, 11) is 3.08. The molecule has 1 fully saturated rings. The predicted molar refractivity (Wildman–Crippen MR) is 141 cm³/mol. The van der Waals surface area contributed by atoms with Crippen LogP contribution in [-0.2, 0) is 4.79 Å². The maximum Gasteiger partial charge on any atom is 0.180 e. The van der Waals surface area contributed by atoms with Gasteiger partial charge in [-0.15, -0.1) is 0 Å². The zero-order valence-corrected chi connectivity index (χ0v) is 21.3. The molecule has 6 nitrogen and oxygen atoms in total. The molecule has 6 rings (SSSR count). The van der Waals surface area contributed by atoms with Crippen LogP contribution >= 0.6 is 11.6 Å². The van der Waals surface area contributed by atoms with Crippen molar-refractivity contribution in [3.8, 4) is 11.5 Å². The van der Waals surface area contributed by atoms with Gasteiger partial charge in [0.1, 0.15) is 16.9 Å². The number of fused-ring (bicyclic) bond motifs is 5. The van der Waals surface area contributed by atoms with Crippen molar-refractivity contribution in [1.82, 2.24) is 0 Å². The zero-order valence-electron chi connectivity index (χ0n) is 20.5. The Morgan fingerprint density at radius 2 is 1.65 bits per heavy atom. The second kappa shape index (κ2) is 8.32. The van der Waals surface area contributed by atoms with E-state index < -0.39 is 23.4 Å². The minimum Gasteiger partial charge on any atom is -0.497 e. The number of anilines is 1. The number of Topliss-reactive ketones (excluding diaryl/α,β-unsaturated/α-hetero) is 3. The third kappa shape index (κ3) is 3.02. The first-order valence-corrected chi connectivity index (χ1v) is 12.4. The number of ketones is 3. The van der Waals surface area contributed by atoms with Crippen LogP contribution in [0.15, 0.2) is 66.7 Å². The molecule has 0 N–H and O–H groups in total. The topological polar surface area (TPSA) is 72.9 Å². The van der Waals surface area contributed by atoms with E-state index in [1.165, 1.54) is 14.0 Å². The quantitative estimate of drug-likeness (QED) is 0.436. The summed E-state index contributed by atoms with van der Waals surface area (Å²) in [5.41, 5.74) is 1.32. The lowest BCUT2D eigenvalue weighted by Gasteiger charge is -2.37. The van der Waals surface area contributed by atoms with E-state index >= 15 is 0 Å². The number of methoxy groups -OCH3 is 2. The van der Waals surface area contributed by atoms with Gasteiger partial charge >= 0.3 is 0 Å². The first-order valence-electron chi connectivity index (χ1n) is 12.0. The molecule has 1 saturated heterocycles. The van der Waals surface area contributed by atoms with Crippen molar-refractivity contribution in [3.63, 3.8) is 0 Å². The molecule has 0 unspecified atom stereocenters. The standard InChI is InChI=1S/C30H24ClNO5/c1-16(33)27-26(22-15-19(36-2)10-12-24(22)37-3)30(28(34)20-6-4-5-7-21(20)29(30)35)25-13-8-17-14-18(31)9-11-23(17)32(25)27/h4-15,25-27H,1-3H3/t25-,26-,27+/m1/s1. The van der Waals surface area contributed by atoms with E-state index in [0.29, 0.717) is 33.2 Å². The van der Waals surface area contributed by atoms with E-state index in [-0.39, 0.29) is 17.3 Å². The summed E-state index contributed by atoms with van der Waals surface area (Å²) < 4.78 is 11.2. The number of rotatable bonds is 4. The van der Waals surface area contributed by atoms with Gasteiger partial charge in [0, 0.05) is 33.3 Å². The van der Waals surface area contributed by atoms with Gasteiger partial charge in [-0.05, 0) is 48.9 Å². The number of halogens is 1. The van der Waals surface area contributed by atoms with Gasteiger partial charge in [0.05, 0.1) is 26.3 Å². The molecule has 0 saturated carbocycles. The van der Waals surface area contributed by atoms with E-state index in [4.69, 9.17) is 21.1 Å². The van der Waals surface area contributed by atoms with E-state index in [1.807, 2.05) is 29.2 Å². The molecule has 3 aromatic rings. The van der Waals surface area contributed by atoms with Crippen molar-refractivity contribution in [2.24, 2.45) is 5.41 Å². The molecule has 1 spiro atoms. The lowest BCUT2D eigenvalue weighted by molar-refractivity contribution is -0.118. The highest BCUT2D eigenvalue weighted by atomic mass is 35.5. The summed E-state index contributed by atoms with van der Waals surface area (Å²) >= 11 is 6.29. The highest BCUT2D eigenvalue weighted by molar-refractivity contribution is 6.32. The van der Waals surface area contributed by atoms with E-state index in [2.05, 4.69) is 0 Å². The van der Waals surface area contributed by atoms with Gasteiger partial charge in [0.15, 0.2) is 17.3 Å². The van der Waals surface area contributed by atoms with Crippen LogP contribution in [0.4, 0.5) is 5.69 Å². The zero-order chi connectivity index (χ0) is 26.1. The Morgan fingerprint density at radius 1 is 0.946 bits per heavy atom. The smallest absolute Gasteiger partial charge is 0.180 e. The highest BCUT2D eigenvalue weighted by Crippen LogP contribution is 2.62. The summed E-state index contributed by atoms with van der Waals surface area (Å²) in [6, 6.07) is 16.1. The van der Waals surface area contributed by atoms with Gasteiger partial charge in [0.2, 0.25) is 0 Å². The Hall–Kier alpha value is -3.90. The molecule has 2 aliphatic heterocycles. The SMILES string of the molecule is COc1ccc(OC)c([C@@H]2[C@H](C(C)=O)N3c4ccc(Cl)cc4C=C[C@@H]3C23C(=O)c2ccccc2C3=O)c1. The van der Waals surface area contributed by atoms with Gasteiger partial charge < -0.3 is 14.4 Å². The molecule has 0 amide bonds. The first kappa shape index (κ1) is 23.5. The molecule has 1 aliphatic carbocycles. The minimum atomic E-state index is -1.58. The molecule has 0 aromatic heterocycles. The first-order chi connectivity index (χ1) is 17.8. The number of hydrogen-bond donors (Lipinski definition) is 0. The fourth-order valence-corrected chi connectivity index (χ4v) is 6.71. The molecule has 0 radical (unpaired) electrons. The van der Waals surface area contributed by atoms with Crippen LogP contribution in [0.3, 0.4) is 0 Å². The number of carbonyl (C=O) groups excluding carboxylic acids is 3. The second-order valence-electron chi connectivity index (χ2n) is 9.63. The molecule has 37 heavy (non-hydrogen) atoms. The average Bonchev–Trinajstić information content (AvgIpc) is 3.34. The molecule has 7 heteroatoms. The summed E-state index contributed by atoms with van der Waals surface area (Å²) in [5.74, 6) is -0.555. The van der Waals surface area contributed by atoms with Crippen molar-refractivity contribution in [2.75, 3.05) is 19.1 Å². The van der Waals surface area contributed by atoms with Crippen LogP contribution in [0.1, 0.15) is 44.7 Å². The van der Waals surface area contributed by atoms with Crippen LogP contribution in [0, 0.1) is 5.41 Å². The van der Waals surface area contributed by atoms with Crippen LogP contribution < -0.4 is 14.4 Å². The normalized spacial score (nSPS) is 22.6. The Balaban J connectivity index is 1.71. The van der Waals surface area contributed by atoms with E-state index in [1.54, 1.807) is 55.6 Å². The molecule has 186 valence electrons. The summed E-state index contributed by atoms with van der Waals surface area (Å²) in [6.45, 7) is 1.51. The van der Waals surface area contributed by atoms with Gasteiger partial charge in [-0.3, -0.25) is 14.4 Å². The summed E-state index contributed by atoms with van der Waals surface area (Å²) in [5, 5.41) is 0.557. The number of ether oxygens (including phenoxy) is 2. The minimum absolute atomic E-state index is 0.162. The number of hydrogen-bond acceptors (Lipinski definition) is 6. The number of carbonyl (C=O) groups is 3. The third-order valence-electron chi connectivity index (χ3n) is 7.95. The largest absolute Gasteiger partial charge is 0.497 e. The van der Waals surface area contributed by atoms with Crippen molar-refractivity contribution in [3.05, 3.63) is 94.0 Å². The summed E-state index contributed by atoms with van der Waals surface area (Å²) in [6.07, 6.45) is 3.75. The Morgan fingerprint density at radius 3 is 2.27 bits per heavy atom. The maximum atomic E-state index is 14.5. The van der Waals surface area contributed by atoms with Gasteiger partial charge in [-0.2, -0.15) is 0 Å². The van der Waals surface area contributed by atoms with Gasteiger partial charge in [-0.1, -0.05) is 48.0 Å².